The van der Waals surface area contributed by atoms with Gasteiger partial charge in [-0.15, -0.1) is 0 Å². The summed E-state index contributed by atoms with van der Waals surface area (Å²) in [6.07, 6.45) is 0. The van der Waals surface area contributed by atoms with Crippen molar-refractivity contribution in [1.29, 1.82) is 0 Å². The first-order chi connectivity index (χ1) is 14.0. The molecule has 0 atom stereocenters. The molecule has 2 N–H and O–H groups in total. The molecule has 1 aliphatic rings. The maximum Gasteiger partial charge on any atom is 0.279 e. The normalized spacial score (nSPS) is 14.4. The minimum absolute atomic E-state index is 0.103. The summed E-state index contributed by atoms with van der Waals surface area (Å²) in [7, 11) is 4.59. The van der Waals surface area contributed by atoms with Crippen molar-refractivity contribution in [3.8, 4) is 17.2 Å². The average Bonchev–Trinajstić information content (AvgIpc) is 2.74. The Labute approximate surface area is 170 Å². The first-order valence-electron chi connectivity index (χ1n) is 9.48. The molecule has 3 rings (SSSR count). The first-order valence-corrected chi connectivity index (χ1v) is 9.48. The molecule has 2 aromatic carbocycles. The van der Waals surface area contributed by atoms with Gasteiger partial charge in [0.1, 0.15) is 5.82 Å². The number of para-hydroxylation sites is 1. The third kappa shape index (κ3) is 4.89. The van der Waals surface area contributed by atoms with Crippen molar-refractivity contribution in [3.63, 3.8) is 0 Å². The number of carbonyl (C=O) groups is 1. The van der Waals surface area contributed by atoms with E-state index in [0.717, 1.165) is 18.0 Å². The van der Waals surface area contributed by atoms with Crippen LogP contribution in [0.25, 0.3) is 0 Å². The van der Waals surface area contributed by atoms with Crippen LogP contribution in [0.2, 0.25) is 0 Å². The smallest absolute Gasteiger partial charge is 0.279 e. The zero-order valence-corrected chi connectivity index (χ0v) is 17.0. The predicted molar refractivity (Wildman–Crippen MR) is 109 cm³/mol. The molecule has 8 heteroatoms. The van der Waals surface area contributed by atoms with Crippen LogP contribution in [0, 0.1) is 5.82 Å². The summed E-state index contributed by atoms with van der Waals surface area (Å²) in [5.41, 5.74) is 1.20. The van der Waals surface area contributed by atoms with Gasteiger partial charge in [0.25, 0.3) is 5.91 Å². The van der Waals surface area contributed by atoms with Gasteiger partial charge in [0.2, 0.25) is 5.75 Å². The average molecular weight is 404 g/mol. The van der Waals surface area contributed by atoms with E-state index >= 15 is 0 Å². The highest BCUT2D eigenvalue weighted by molar-refractivity contribution is 5.92. The molecule has 0 radical (unpaired) electrons. The lowest BCUT2D eigenvalue weighted by Crippen LogP contribution is -3.15. The Morgan fingerprint density at radius 3 is 2.24 bits per heavy atom. The fraction of sp³-hybridized carbons (Fsp3) is 0.381. The van der Waals surface area contributed by atoms with Gasteiger partial charge in [0.05, 0.1) is 53.2 Å². The van der Waals surface area contributed by atoms with E-state index in [1.807, 2.05) is 11.0 Å². The number of methoxy groups -OCH3 is 3. The lowest BCUT2D eigenvalue weighted by atomic mass is 10.2. The molecule has 1 fully saturated rings. The largest absolute Gasteiger partial charge is 0.493 e. The van der Waals surface area contributed by atoms with E-state index in [1.165, 1.54) is 27.4 Å². The van der Waals surface area contributed by atoms with Crippen molar-refractivity contribution in [1.82, 2.24) is 0 Å². The predicted octanol–water partition coefficient (Wildman–Crippen LogP) is 1.20. The van der Waals surface area contributed by atoms with Crippen LogP contribution >= 0.6 is 0 Å². The Kier molecular flexibility index (Phi) is 6.77. The third-order valence-electron chi connectivity index (χ3n) is 5.02. The molecule has 1 saturated heterocycles. The fourth-order valence-corrected chi connectivity index (χ4v) is 3.53. The maximum atomic E-state index is 14.0. The van der Waals surface area contributed by atoms with E-state index in [4.69, 9.17) is 14.2 Å². The number of nitrogens with zero attached hydrogens (tertiary/aromatic N) is 1. The molecule has 0 aromatic heterocycles. The number of piperazine rings is 1. The second kappa shape index (κ2) is 9.47. The van der Waals surface area contributed by atoms with Gasteiger partial charge in [-0.2, -0.15) is 0 Å². The van der Waals surface area contributed by atoms with Crippen LogP contribution in [0.5, 0.6) is 17.2 Å². The number of hydrogen-bond donors (Lipinski definition) is 2. The number of hydrogen-bond acceptors (Lipinski definition) is 5. The zero-order valence-electron chi connectivity index (χ0n) is 17.0. The summed E-state index contributed by atoms with van der Waals surface area (Å²) in [6.45, 7) is 3.26. The Hall–Kier alpha value is -3.00. The van der Waals surface area contributed by atoms with Crippen LogP contribution < -0.4 is 29.3 Å². The molecule has 2 aromatic rings. The monoisotopic (exact) mass is 404 g/mol. The maximum absolute atomic E-state index is 14.0. The standard InChI is InChI=1S/C21H26FN3O4/c1-27-18-12-15(13-19(28-2)21(18)29-3)23-20(26)14-24-8-10-25(11-9-24)17-7-5-4-6-16(17)22/h4-7,12-13H,8-11,14H2,1-3H3,(H,23,26)/p+1. The minimum Gasteiger partial charge on any atom is -0.493 e. The molecule has 29 heavy (non-hydrogen) atoms. The summed E-state index contributed by atoms with van der Waals surface area (Å²) in [5, 5.41) is 2.89. The van der Waals surface area contributed by atoms with Crippen LogP contribution in [-0.4, -0.2) is 60.0 Å². The molecular weight excluding hydrogens is 377 g/mol. The molecule has 1 amide bonds. The molecule has 1 heterocycles. The number of anilines is 2. The van der Waals surface area contributed by atoms with Crippen molar-refractivity contribution >= 4 is 17.3 Å². The highest BCUT2D eigenvalue weighted by Crippen LogP contribution is 2.39. The Morgan fingerprint density at radius 1 is 1.07 bits per heavy atom. The van der Waals surface area contributed by atoms with Crippen molar-refractivity contribution in [3.05, 3.63) is 42.2 Å². The first kappa shape index (κ1) is 20.7. The summed E-state index contributed by atoms with van der Waals surface area (Å²) < 4.78 is 29.9. The van der Waals surface area contributed by atoms with Gasteiger partial charge in [-0.1, -0.05) is 12.1 Å². The van der Waals surface area contributed by atoms with Gasteiger partial charge in [-0.05, 0) is 12.1 Å². The van der Waals surface area contributed by atoms with Gasteiger partial charge in [0.15, 0.2) is 18.0 Å². The SMILES string of the molecule is COc1cc(NC(=O)C[NH+]2CCN(c3ccccc3F)CC2)cc(OC)c1OC. The summed E-state index contributed by atoms with van der Waals surface area (Å²) in [5.74, 6) is 1.12. The van der Waals surface area contributed by atoms with Gasteiger partial charge in [0, 0.05) is 17.8 Å². The quantitative estimate of drug-likeness (QED) is 0.726. The number of amides is 1. The van der Waals surface area contributed by atoms with Crippen molar-refractivity contribution < 1.29 is 28.3 Å². The van der Waals surface area contributed by atoms with E-state index in [0.29, 0.717) is 48.3 Å². The molecule has 0 saturated carbocycles. The third-order valence-corrected chi connectivity index (χ3v) is 5.02. The van der Waals surface area contributed by atoms with E-state index < -0.39 is 0 Å². The van der Waals surface area contributed by atoms with Crippen LogP contribution in [-0.2, 0) is 4.79 Å². The summed E-state index contributed by atoms with van der Waals surface area (Å²) in [4.78, 5) is 15.7. The minimum atomic E-state index is -0.212. The number of quaternary nitrogens is 1. The van der Waals surface area contributed by atoms with Crippen LogP contribution in [0.15, 0.2) is 36.4 Å². The van der Waals surface area contributed by atoms with Crippen LogP contribution in [0.1, 0.15) is 0 Å². The van der Waals surface area contributed by atoms with Gasteiger partial charge in [-0.25, -0.2) is 4.39 Å². The molecule has 7 nitrogen and oxygen atoms in total. The lowest BCUT2D eigenvalue weighted by Gasteiger charge is -2.33. The summed E-state index contributed by atoms with van der Waals surface area (Å²) in [6, 6.07) is 10.2. The van der Waals surface area contributed by atoms with Gasteiger partial charge >= 0.3 is 0 Å². The van der Waals surface area contributed by atoms with Crippen molar-refractivity contribution in [2.24, 2.45) is 0 Å². The molecule has 0 aliphatic carbocycles. The molecule has 156 valence electrons. The second-order valence-corrected chi connectivity index (χ2v) is 6.83. The number of rotatable bonds is 7. The Bertz CT molecular complexity index is 829. The highest BCUT2D eigenvalue weighted by atomic mass is 19.1. The van der Waals surface area contributed by atoms with E-state index in [-0.39, 0.29) is 11.7 Å². The van der Waals surface area contributed by atoms with Crippen molar-refractivity contribution in [2.45, 2.75) is 0 Å². The summed E-state index contributed by atoms with van der Waals surface area (Å²) >= 11 is 0. The van der Waals surface area contributed by atoms with E-state index in [9.17, 15) is 9.18 Å². The Morgan fingerprint density at radius 2 is 1.69 bits per heavy atom. The van der Waals surface area contributed by atoms with E-state index in [2.05, 4.69) is 5.32 Å². The van der Waals surface area contributed by atoms with E-state index in [1.54, 1.807) is 24.3 Å². The second-order valence-electron chi connectivity index (χ2n) is 6.83. The molecule has 1 aliphatic heterocycles. The van der Waals surface area contributed by atoms with Crippen LogP contribution in [0.4, 0.5) is 15.8 Å². The highest BCUT2D eigenvalue weighted by Gasteiger charge is 2.24. The van der Waals surface area contributed by atoms with Gasteiger partial charge in [-0.3, -0.25) is 4.79 Å². The number of ether oxygens (including phenoxy) is 3. The Balaban J connectivity index is 1.57. The van der Waals surface area contributed by atoms with Crippen LogP contribution in [0.3, 0.4) is 0 Å². The number of halogens is 1. The molecule has 0 bridgehead atoms. The number of carbonyl (C=O) groups excluding carboxylic acids is 1. The number of benzene rings is 2. The number of nitrogens with one attached hydrogen (secondary N) is 2. The zero-order chi connectivity index (χ0) is 20.8. The molecular formula is C21H27FN3O4+. The van der Waals surface area contributed by atoms with Crippen molar-refractivity contribution in [2.75, 3.05) is 64.3 Å². The lowest BCUT2D eigenvalue weighted by molar-refractivity contribution is -0.892. The fourth-order valence-electron chi connectivity index (χ4n) is 3.53. The topological polar surface area (TPSA) is 64.5 Å². The molecule has 0 unspecified atom stereocenters. The molecule has 0 spiro atoms. The van der Waals surface area contributed by atoms with Gasteiger partial charge < -0.3 is 29.3 Å².